The lowest BCUT2D eigenvalue weighted by atomic mass is 10.2. The molecule has 0 fully saturated rings. The van der Waals surface area contributed by atoms with Gasteiger partial charge in [-0.15, -0.1) is 0 Å². The Morgan fingerprint density at radius 3 is 2.64 bits per heavy atom. The number of nitrogens with zero attached hydrogens (tertiary/aromatic N) is 1. The number of nitrogens with two attached hydrogens (primary N) is 1. The van der Waals surface area contributed by atoms with Crippen molar-refractivity contribution < 1.29 is 18.4 Å². The fourth-order valence-corrected chi connectivity index (χ4v) is 1.76. The van der Waals surface area contributed by atoms with Gasteiger partial charge in [0.05, 0.1) is 0 Å². The molecule has 2 aromatic rings. The third-order valence-corrected chi connectivity index (χ3v) is 2.85. The van der Waals surface area contributed by atoms with Crippen LogP contribution >= 0.6 is 11.6 Å². The van der Waals surface area contributed by atoms with Crippen LogP contribution in [0.4, 0.5) is 8.78 Å². The molecule has 2 N–H and O–H groups in total. The Balaban J connectivity index is 1.80. The number of oxime groups is 1. The molecule has 0 aromatic heterocycles. The predicted molar refractivity (Wildman–Crippen MR) is 80.0 cm³/mol. The highest BCUT2D eigenvalue weighted by molar-refractivity contribution is 6.30. The average molecular weight is 327 g/mol. The Labute approximate surface area is 131 Å². The van der Waals surface area contributed by atoms with Crippen molar-refractivity contribution in [3.05, 3.63) is 64.7 Å². The Bertz CT molecular complexity index is 680. The molecule has 0 aliphatic rings. The molecule has 2 aromatic carbocycles. The van der Waals surface area contributed by atoms with E-state index in [0.29, 0.717) is 10.8 Å². The van der Waals surface area contributed by atoms with E-state index < -0.39 is 11.6 Å². The van der Waals surface area contributed by atoms with Crippen LogP contribution in [-0.4, -0.2) is 19.0 Å². The number of hydrogen-bond acceptors (Lipinski definition) is 3. The molecule has 0 heterocycles. The first kappa shape index (κ1) is 16.0. The molecule has 0 radical (unpaired) electrons. The van der Waals surface area contributed by atoms with E-state index >= 15 is 0 Å². The summed E-state index contributed by atoms with van der Waals surface area (Å²) in [6.07, 6.45) is 0. The predicted octanol–water partition coefficient (Wildman–Crippen LogP) is 3.33. The van der Waals surface area contributed by atoms with Gasteiger partial charge in [-0.05, 0) is 36.4 Å². The van der Waals surface area contributed by atoms with Gasteiger partial charge < -0.3 is 15.3 Å². The number of benzene rings is 2. The second-order valence-electron chi connectivity index (χ2n) is 4.24. The minimum Gasteiger partial charge on any atom is -0.490 e. The fourth-order valence-electron chi connectivity index (χ4n) is 1.58. The molecule has 0 spiro atoms. The van der Waals surface area contributed by atoms with Crippen molar-refractivity contribution in [1.82, 2.24) is 0 Å². The third kappa shape index (κ3) is 4.60. The number of hydrogen-bond donors (Lipinski definition) is 1. The largest absolute Gasteiger partial charge is 0.490 e. The molecule has 0 aliphatic heterocycles. The Hall–Kier alpha value is -2.34. The maximum Gasteiger partial charge on any atom is 0.170 e. The van der Waals surface area contributed by atoms with Crippen LogP contribution in [0, 0.1) is 11.6 Å². The zero-order chi connectivity index (χ0) is 15.9. The molecule has 0 saturated heterocycles. The van der Waals surface area contributed by atoms with Crippen molar-refractivity contribution in [3.63, 3.8) is 0 Å². The number of amidine groups is 1. The lowest BCUT2D eigenvalue weighted by molar-refractivity contribution is 0.107. The van der Waals surface area contributed by atoms with Gasteiger partial charge in [-0.1, -0.05) is 22.8 Å². The zero-order valence-corrected chi connectivity index (χ0v) is 12.2. The number of halogens is 3. The van der Waals surface area contributed by atoms with Gasteiger partial charge in [0.2, 0.25) is 0 Å². The molecular weight excluding hydrogens is 314 g/mol. The van der Waals surface area contributed by atoms with Crippen LogP contribution in [0.2, 0.25) is 5.02 Å². The van der Waals surface area contributed by atoms with Crippen molar-refractivity contribution in [2.45, 2.75) is 0 Å². The standard InChI is InChI=1S/C15H13ClF2N2O2/c16-11-2-1-3-12(9-11)21-6-7-22-20-15(19)10-4-5-13(17)14(18)8-10/h1-5,8-9H,6-7H2,(H2,19,20). The first-order valence-corrected chi connectivity index (χ1v) is 6.73. The summed E-state index contributed by atoms with van der Waals surface area (Å²) in [7, 11) is 0. The quantitative estimate of drug-likeness (QED) is 0.383. The molecule has 7 heteroatoms. The topological polar surface area (TPSA) is 56.8 Å². The van der Waals surface area contributed by atoms with Gasteiger partial charge in [-0.2, -0.15) is 0 Å². The van der Waals surface area contributed by atoms with E-state index in [1.165, 1.54) is 6.07 Å². The third-order valence-electron chi connectivity index (χ3n) is 2.62. The van der Waals surface area contributed by atoms with Gasteiger partial charge in [-0.3, -0.25) is 0 Å². The summed E-state index contributed by atoms with van der Waals surface area (Å²) in [4.78, 5) is 4.96. The molecule has 0 saturated carbocycles. The maximum absolute atomic E-state index is 13.0. The van der Waals surface area contributed by atoms with Gasteiger partial charge in [0.1, 0.15) is 12.4 Å². The van der Waals surface area contributed by atoms with E-state index in [1.807, 2.05) is 0 Å². The summed E-state index contributed by atoms with van der Waals surface area (Å²) >= 11 is 5.81. The summed E-state index contributed by atoms with van der Waals surface area (Å²) in [6, 6.07) is 10.1. The van der Waals surface area contributed by atoms with E-state index in [1.54, 1.807) is 24.3 Å². The zero-order valence-electron chi connectivity index (χ0n) is 11.4. The van der Waals surface area contributed by atoms with E-state index in [2.05, 4.69) is 5.16 Å². The first-order chi connectivity index (χ1) is 10.6. The molecule has 0 bridgehead atoms. The van der Waals surface area contributed by atoms with Gasteiger partial charge in [0.25, 0.3) is 0 Å². The summed E-state index contributed by atoms with van der Waals surface area (Å²) in [5.41, 5.74) is 5.84. The normalized spacial score (nSPS) is 11.3. The van der Waals surface area contributed by atoms with Gasteiger partial charge in [-0.25, -0.2) is 8.78 Å². The second-order valence-corrected chi connectivity index (χ2v) is 4.68. The molecule has 2 rings (SSSR count). The molecular formula is C15H13ClF2N2O2. The van der Waals surface area contributed by atoms with Crippen molar-refractivity contribution in [3.8, 4) is 5.75 Å². The van der Waals surface area contributed by atoms with Crippen molar-refractivity contribution in [2.24, 2.45) is 10.9 Å². The molecule has 0 unspecified atom stereocenters. The smallest absolute Gasteiger partial charge is 0.170 e. The van der Waals surface area contributed by atoms with E-state index in [9.17, 15) is 8.78 Å². The Morgan fingerprint density at radius 1 is 1.09 bits per heavy atom. The molecule has 0 atom stereocenters. The molecule has 116 valence electrons. The molecule has 0 amide bonds. The van der Waals surface area contributed by atoms with Crippen molar-refractivity contribution >= 4 is 17.4 Å². The highest BCUT2D eigenvalue weighted by Crippen LogP contribution is 2.16. The van der Waals surface area contributed by atoms with Crippen LogP contribution in [0.1, 0.15) is 5.56 Å². The minimum atomic E-state index is -1.00. The molecule has 0 aliphatic carbocycles. The van der Waals surface area contributed by atoms with Gasteiger partial charge in [0.15, 0.2) is 24.1 Å². The van der Waals surface area contributed by atoms with Crippen LogP contribution < -0.4 is 10.5 Å². The SMILES string of the molecule is NC(=NOCCOc1cccc(Cl)c1)c1ccc(F)c(F)c1. The van der Waals surface area contributed by atoms with Crippen LogP contribution in [0.3, 0.4) is 0 Å². The number of ether oxygens (including phenoxy) is 1. The summed E-state index contributed by atoms with van der Waals surface area (Å²) in [6.45, 7) is 0.367. The van der Waals surface area contributed by atoms with E-state index in [4.69, 9.17) is 26.9 Å². The van der Waals surface area contributed by atoms with Gasteiger partial charge in [0, 0.05) is 10.6 Å². The molecule has 22 heavy (non-hydrogen) atoms. The number of rotatable bonds is 6. The van der Waals surface area contributed by atoms with E-state index in [0.717, 1.165) is 12.1 Å². The van der Waals surface area contributed by atoms with Crippen LogP contribution in [0.25, 0.3) is 0 Å². The summed E-state index contributed by atoms with van der Waals surface area (Å²) in [5, 5.41) is 4.18. The van der Waals surface area contributed by atoms with E-state index in [-0.39, 0.29) is 24.6 Å². The molecule has 4 nitrogen and oxygen atoms in total. The van der Waals surface area contributed by atoms with Crippen LogP contribution in [0.15, 0.2) is 47.6 Å². The lowest BCUT2D eigenvalue weighted by Crippen LogP contribution is -2.15. The van der Waals surface area contributed by atoms with Crippen LogP contribution in [0.5, 0.6) is 5.75 Å². The minimum absolute atomic E-state index is 0.0540. The second kappa shape index (κ2) is 7.61. The lowest BCUT2D eigenvalue weighted by Gasteiger charge is -2.06. The summed E-state index contributed by atoms with van der Waals surface area (Å²) < 4.78 is 31.2. The fraction of sp³-hybridized carbons (Fsp3) is 0.133. The Kier molecular flexibility index (Phi) is 5.55. The average Bonchev–Trinajstić information content (AvgIpc) is 2.49. The summed E-state index contributed by atoms with van der Waals surface area (Å²) in [5.74, 6) is -1.40. The first-order valence-electron chi connectivity index (χ1n) is 6.35. The van der Waals surface area contributed by atoms with Crippen molar-refractivity contribution in [1.29, 1.82) is 0 Å². The maximum atomic E-state index is 13.0. The van der Waals surface area contributed by atoms with Crippen molar-refractivity contribution in [2.75, 3.05) is 13.2 Å². The monoisotopic (exact) mass is 326 g/mol. The Morgan fingerprint density at radius 2 is 1.91 bits per heavy atom. The van der Waals surface area contributed by atoms with Crippen LogP contribution in [-0.2, 0) is 4.84 Å². The van der Waals surface area contributed by atoms with Gasteiger partial charge >= 0.3 is 0 Å². The highest BCUT2D eigenvalue weighted by atomic mass is 35.5. The highest BCUT2D eigenvalue weighted by Gasteiger charge is 2.05.